The maximum atomic E-state index is 12.0. The van der Waals surface area contributed by atoms with Gasteiger partial charge in [0.2, 0.25) is 5.91 Å². The number of pyridine rings is 1. The molecule has 0 saturated carbocycles. The van der Waals surface area contributed by atoms with E-state index in [1.165, 1.54) is 0 Å². The summed E-state index contributed by atoms with van der Waals surface area (Å²) < 4.78 is 1.02. The van der Waals surface area contributed by atoms with Gasteiger partial charge in [0.05, 0.1) is 0 Å². The molecule has 1 amide bonds. The molecule has 5 nitrogen and oxygen atoms in total. The predicted molar refractivity (Wildman–Crippen MR) is 117 cm³/mol. The topological polar surface area (TPSA) is 83.8 Å². The predicted octanol–water partition coefficient (Wildman–Crippen LogP) is 5.09. The molecule has 0 aliphatic heterocycles. The quantitative estimate of drug-likeness (QED) is 0.383. The first-order valence-corrected chi connectivity index (χ1v) is 9.47. The zero-order valence-electron chi connectivity index (χ0n) is 14.8. The number of carbonyl (C=O) groups excluding carboxylic acids is 1. The van der Waals surface area contributed by atoms with E-state index in [2.05, 4.69) is 31.2 Å². The fraction of sp³-hybridized carbons (Fsp3) is 0. The number of halogens is 1. The van der Waals surface area contributed by atoms with Crippen molar-refractivity contribution in [3.8, 4) is 0 Å². The summed E-state index contributed by atoms with van der Waals surface area (Å²) in [5.41, 5.74) is 9.37. The molecule has 28 heavy (non-hydrogen) atoms. The van der Waals surface area contributed by atoms with Crippen molar-refractivity contribution in [2.45, 2.75) is 0 Å². The van der Waals surface area contributed by atoms with Gasteiger partial charge in [-0.15, -0.1) is 0 Å². The van der Waals surface area contributed by atoms with Gasteiger partial charge >= 0.3 is 0 Å². The summed E-state index contributed by atoms with van der Waals surface area (Å²) in [5, 5.41) is 4.19. The summed E-state index contributed by atoms with van der Waals surface area (Å²) in [6.07, 6.45) is 3.62. The Morgan fingerprint density at radius 1 is 1.04 bits per heavy atom. The van der Waals surface area contributed by atoms with Crippen LogP contribution in [0.5, 0.6) is 0 Å². The number of aromatic nitrogens is 2. The third kappa shape index (κ3) is 3.82. The number of rotatable bonds is 5. The molecule has 0 radical (unpaired) electrons. The molecule has 4 aromatic rings. The molecule has 6 heteroatoms. The van der Waals surface area contributed by atoms with E-state index in [-0.39, 0.29) is 0 Å². The second kappa shape index (κ2) is 7.70. The van der Waals surface area contributed by atoms with Crippen LogP contribution in [0.2, 0.25) is 0 Å². The summed E-state index contributed by atoms with van der Waals surface area (Å²) in [4.78, 5) is 19.7. The summed E-state index contributed by atoms with van der Waals surface area (Å²) in [5.74, 6) is 0.257. The van der Waals surface area contributed by atoms with Gasteiger partial charge in [-0.2, -0.15) is 0 Å². The van der Waals surface area contributed by atoms with Gasteiger partial charge in [-0.25, -0.2) is 4.98 Å². The number of anilines is 2. The average molecular weight is 433 g/mol. The van der Waals surface area contributed by atoms with Crippen LogP contribution in [0.3, 0.4) is 0 Å². The number of nitrogens with two attached hydrogens (primary N) is 1. The standard InChI is InChI=1S/C22H17BrN4O/c23-16-6-8-17(9-7-16)26-20-11-10-18-15(13-25-22(18)27-20)12-19(21(24)28)14-4-2-1-3-5-14/h1-13H,(H2,24,28)(H2,25,26,27)/b19-12+. The number of nitrogens with one attached hydrogen (secondary N) is 2. The normalized spacial score (nSPS) is 11.5. The van der Waals surface area contributed by atoms with Crippen molar-refractivity contribution in [1.29, 1.82) is 0 Å². The van der Waals surface area contributed by atoms with Crippen molar-refractivity contribution in [2.24, 2.45) is 5.73 Å². The first kappa shape index (κ1) is 18.0. The molecule has 2 aromatic carbocycles. The van der Waals surface area contributed by atoms with E-state index in [0.717, 1.165) is 38.1 Å². The van der Waals surface area contributed by atoms with E-state index in [1.54, 1.807) is 6.08 Å². The number of carbonyl (C=O) groups is 1. The average Bonchev–Trinajstić information content (AvgIpc) is 3.10. The van der Waals surface area contributed by atoms with Gasteiger partial charge in [-0.1, -0.05) is 46.3 Å². The molecular formula is C22H17BrN4O. The Morgan fingerprint density at radius 3 is 2.50 bits per heavy atom. The number of aromatic amines is 1. The minimum absolute atomic E-state index is 0.457. The fourth-order valence-electron chi connectivity index (χ4n) is 2.97. The zero-order valence-corrected chi connectivity index (χ0v) is 16.4. The minimum atomic E-state index is -0.470. The highest BCUT2D eigenvalue weighted by molar-refractivity contribution is 9.10. The number of fused-ring (bicyclic) bond motifs is 1. The number of hydrogen-bond donors (Lipinski definition) is 3. The number of primary amides is 1. The zero-order chi connectivity index (χ0) is 19.5. The molecule has 4 rings (SSSR count). The Hall–Kier alpha value is -3.38. The van der Waals surface area contributed by atoms with Crippen molar-refractivity contribution in [3.63, 3.8) is 0 Å². The van der Waals surface area contributed by atoms with Gasteiger partial charge in [0.15, 0.2) is 0 Å². The summed E-state index contributed by atoms with van der Waals surface area (Å²) in [7, 11) is 0. The van der Waals surface area contributed by atoms with E-state index in [0.29, 0.717) is 5.57 Å². The lowest BCUT2D eigenvalue weighted by Crippen LogP contribution is -2.12. The van der Waals surface area contributed by atoms with Crippen molar-refractivity contribution >= 4 is 56.0 Å². The van der Waals surface area contributed by atoms with Crippen LogP contribution in [0, 0.1) is 0 Å². The molecule has 4 N–H and O–H groups in total. The molecule has 0 spiro atoms. The smallest absolute Gasteiger partial charge is 0.249 e. The first-order chi connectivity index (χ1) is 13.6. The number of nitrogens with zero attached hydrogens (tertiary/aromatic N) is 1. The van der Waals surface area contributed by atoms with E-state index < -0.39 is 5.91 Å². The number of hydrogen-bond acceptors (Lipinski definition) is 3. The van der Waals surface area contributed by atoms with Crippen LogP contribution in [0.4, 0.5) is 11.5 Å². The third-order valence-corrected chi connectivity index (χ3v) is 4.87. The van der Waals surface area contributed by atoms with Crippen LogP contribution < -0.4 is 11.1 Å². The van der Waals surface area contributed by atoms with E-state index in [1.807, 2.05) is 72.9 Å². The molecule has 0 aliphatic carbocycles. The third-order valence-electron chi connectivity index (χ3n) is 4.34. The van der Waals surface area contributed by atoms with Gasteiger partial charge in [-0.05, 0) is 48.0 Å². The Balaban J connectivity index is 1.67. The molecule has 0 saturated heterocycles. The molecule has 0 bridgehead atoms. The number of benzene rings is 2. The van der Waals surface area contributed by atoms with Crippen LogP contribution in [0.25, 0.3) is 22.7 Å². The van der Waals surface area contributed by atoms with Crippen LogP contribution >= 0.6 is 15.9 Å². The highest BCUT2D eigenvalue weighted by Gasteiger charge is 2.11. The summed E-state index contributed by atoms with van der Waals surface area (Å²) in [6, 6.07) is 21.1. The minimum Gasteiger partial charge on any atom is -0.366 e. The summed E-state index contributed by atoms with van der Waals surface area (Å²) in [6.45, 7) is 0. The van der Waals surface area contributed by atoms with Gasteiger partial charge < -0.3 is 16.0 Å². The highest BCUT2D eigenvalue weighted by atomic mass is 79.9. The molecule has 0 unspecified atom stereocenters. The lowest BCUT2D eigenvalue weighted by atomic mass is 10.0. The van der Waals surface area contributed by atoms with Crippen molar-refractivity contribution in [3.05, 3.63) is 88.5 Å². The second-order valence-electron chi connectivity index (χ2n) is 6.26. The molecule has 0 fully saturated rings. The number of amides is 1. The lowest BCUT2D eigenvalue weighted by molar-refractivity contribution is -0.112. The molecule has 0 aliphatic rings. The van der Waals surface area contributed by atoms with Crippen LogP contribution in [-0.2, 0) is 4.79 Å². The Kier molecular flexibility index (Phi) is 4.95. The van der Waals surface area contributed by atoms with E-state index in [9.17, 15) is 4.79 Å². The lowest BCUT2D eigenvalue weighted by Gasteiger charge is -2.06. The second-order valence-corrected chi connectivity index (χ2v) is 7.17. The fourth-order valence-corrected chi connectivity index (χ4v) is 3.23. The van der Waals surface area contributed by atoms with E-state index in [4.69, 9.17) is 5.73 Å². The molecular weight excluding hydrogens is 416 g/mol. The van der Waals surface area contributed by atoms with Gasteiger partial charge in [-0.3, -0.25) is 4.79 Å². The van der Waals surface area contributed by atoms with E-state index >= 15 is 0 Å². The van der Waals surface area contributed by atoms with Gasteiger partial charge in [0.1, 0.15) is 11.5 Å². The Morgan fingerprint density at radius 2 is 1.79 bits per heavy atom. The Bertz CT molecular complexity index is 1160. The van der Waals surface area contributed by atoms with Crippen LogP contribution in [0.1, 0.15) is 11.1 Å². The molecule has 2 aromatic heterocycles. The first-order valence-electron chi connectivity index (χ1n) is 8.68. The largest absolute Gasteiger partial charge is 0.366 e. The maximum absolute atomic E-state index is 12.0. The molecule has 2 heterocycles. The van der Waals surface area contributed by atoms with Crippen LogP contribution in [-0.4, -0.2) is 15.9 Å². The van der Waals surface area contributed by atoms with Gasteiger partial charge in [0.25, 0.3) is 0 Å². The molecule has 138 valence electrons. The van der Waals surface area contributed by atoms with Gasteiger partial charge in [0, 0.05) is 32.9 Å². The summed E-state index contributed by atoms with van der Waals surface area (Å²) >= 11 is 3.43. The van der Waals surface area contributed by atoms with Crippen LogP contribution in [0.15, 0.2) is 77.4 Å². The number of H-pyrrole nitrogens is 1. The van der Waals surface area contributed by atoms with Crippen molar-refractivity contribution in [1.82, 2.24) is 9.97 Å². The maximum Gasteiger partial charge on any atom is 0.249 e. The molecule has 0 atom stereocenters. The SMILES string of the molecule is NC(=O)/C(=C/c1c[nH]c2nc(Nc3ccc(Br)cc3)ccc12)c1ccccc1. The Labute approximate surface area is 170 Å². The highest BCUT2D eigenvalue weighted by Crippen LogP contribution is 2.25. The van der Waals surface area contributed by atoms with Crippen molar-refractivity contribution < 1.29 is 4.79 Å². The van der Waals surface area contributed by atoms with Crippen molar-refractivity contribution in [2.75, 3.05) is 5.32 Å². The monoisotopic (exact) mass is 432 g/mol.